The van der Waals surface area contributed by atoms with Crippen LogP contribution in [0.15, 0.2) is 57.5 Å². The molecule has 206 valence electrons. The van der Waals surface area contributed by atoms with Crippen molar-refractivity contribution in [2.75, 3.05) is 20.3 Å². The average Bonchev–Trinajstić information content (AvgIpc) is 3.17. The Balaban J connectivity index is 1.91. The van der Waals surface area contributed by atoms with Crippen molar-refractivity contribution in [1.29, 1.82) is 0 Å². The number of aromatic nitrogens is 1. The smallest absolute Gasteiger partial charge is 0.338 e. The Morgan fingerprint density at radius 1 is 1.15 bits per heavy atom. The minimum Gasteiger partial charge on any atom is -0.494 e. The Morgan fingerprint density at radius 2 is 1.85 bits per heavy atom. The molecule has 0 radical (unpaired) electrons. The first kappa shape index (κ1) is 28.4. The van der Waals surface area contributed by atoms with E-state index in [1.165, 1.54) is 18.4 Å². The Hall–Kier alpha value is -3.56. The summed E-state index contributed by atoms with van der Waals surface area (Å²) in [6.45, 7) is 10.0. The first-order chi connectivity index (χ1) is 18.7. The van der Waals surface area contributed by atoms with E-state index >= 15 is 0 Å². The van der Waals surface area contributed by atoms with E-state index in [9.17, 15) is 9.59 Å². The van der Waals surface area contributed by atoms with Crippen LogP contribution in [-0.2, 0) is 9.53 Å². The van der Waals surface area contributed by atoms with Crippen LogP contribution < -0.4 is 29.1 Å². The predicted molar refractivity (Wildman–Crippen MR) is 152 cm³/mol. The maximum Gasteiger partial charge on any atom is 0.338 e. The molecule has 0 spiro atoms. The van der Waals surface area contributed by atoms with Crippen molar-refractivity contribution in [2.45, 2.75) is 46.8 Å². The molecule has 0 unspecified atom stereocenters. The van der Waals surface area contributed by atoms with Gasteiger partial charge in [0.1, 0.15) is 5.75 Å². The highest BCUT2D eigenvalue weighted by atomic mass is 35.5. The second-order valence-electron chi connectivity index (χ2n) is 9.01. The van der Waals surface area contributed by atoms with Gasteiger partial charge in [-0.2, -0.15) is 0 Å². The molecular formula is C29H31ClN2O6S. The lowest BCUT2D eigenvalue weighted by Crippen LogP contribution is -2.40. The summed E-state index contributed by atoms with van der Waals surface area (Å²) in [7, 11) is 1.52. The number of rotatable bonds is 9. The topological polar surface area (TPSA) is 88.4 Å². The number of methoxy groups -OCH3 is 1. The summed E-state index contributed by atoms with van der Waals surface area (Å²) in [5, 5.41) is 0.365. The average molecular weight is 571 g/mol. The largest absolute Gasteiger partial charge is 0.494 e. The van der Waals surface area contributed by atoms with E-state index in [1.807, 2.05) is 38.1 Å². The summed E-state index contributed by atoms with van der Waals surface area (Å²) in [4.78, 5) is 32.3. The Bertz CT molecular complexity index is 1590. The van der Waals surface area contributed by atoms with Crippen LogP contribution in [0.3, 0.4) is 0 Å². The fourth-order valence-electron chi connectivity index (χ4n) is 4.37. The van der Waals surface area contributed by atoms with Crippen molar-refractivity contribution in [1.82, 2.24) is 4.57 Å². The minimum absolute atomic E-state index is 0.287. The van der Waals surface area contributed by atoms with Crippen LogP contribution in [0.1, 0.15) is 51.8 Å². The van der Waals surface area contributed by atoms with Crippen LogP contribution >= 0.6 is 22.9 Å². The number of ether oxygens (including phenoxy) is 4. The van der Waals surface area contributed by atoms with Crippen LogP contribution in [0.2, 0.25) is 5.02 Å². The van der Waals surface area contributed by atoms with Gasteiger partial charge < -0.3 is 18.9 Å². The molecule has 4 rings (SSSR count). The number of allylic oxidation sites excluding steroid dienone is 1. The molecule has 0 saturated carbocycles. The van der Waals surface area contributed by atoms with Gasteiger partial charge in [-0.1, -0.05) is 35.1 Å². The molecule has 0 saturated heterocycles. The van der Waals surface area contributed by atoms with Crippen molar-refractivity contribution in [2.24, 2.45) is 4.99 Å². The molecule has 0 N–H and O–H groups in total. The number of esters is 1. The van der Waals surface area contributed by atoms with E-state index in [-0.39, 0.29) is 11.7 Å². The van der Waals surface area contributed by atoms with Crippen molar-refractivity contribution < 1.29 is 23.7 Å². The fraction of sp³-hybridized carbons (Fsp3) is 0.345. The fourth-order valence-corrected chi connectivity index (χ4v) is 5.72. The first-order valence-corrected chi connectivity index (χ1v) is 13.8. The zero-order valence-corrected chi connectivity index (χ0v) is 24.3. The number of halogens is 1. The summed E-state index contributed by atoms with van der Waals surface area (Å²) in [6, 6.07) is 10.1. The van der Waals surface area contributed by atoms with Crippen molar-refractivity contribution in [3.63, 3.8) is 0 Å². The number of carbonyl (C=O) groups excluding carboxylic acids is 1. The number of carbonyl (C=O) groups is 1. The van der Waals surface area contributed by atoms with Gasteiger partial charge in [-0.25, -0.2) is 9.79 Å². The summed E-state index contributed by atoms with van der Waals surface area (Å²) >= 11 is 7.67. The Labute approximate surface area is 235 Å². The number of hydrogen-bond acceptors (Lipinski definition) is 8. The molecule has 0 amide bonds. The van der Waals surface area contributed by atoms with E-state index in [4.69, 9.17) is 30.5 Å². The van der Waals surface area contributed by atoms with Gasteiger partial charge >= 0.3 is 5.97 Å². The second kappa shape index (κ2) is 12.1. The third kappa shape index (κ3) is 5.89. The number of hydrogen-bond donors (Lipinski definition) is 0. The number of nitrogens with zero attached hydrogens (tertiary/aromatic N) is 2. The molecule has 1 aromatic heterocycles. The predicted octanol–water partition coefficient (Wildman–Crippen LogP) is 4.65. The number of benzene rings is 2. The third-order valence-electron chi connectivity index (χ3n) is 5.92. The molecule has 10 heteroatoms. The van der Waals surface area contributed by atoms with E-state index in [0.717, 1.165) is 5.56 Å². The van der Waals surface area contributed by atoms with E-state index in [2.05, 4.69) is 4.99 Å². The maximum atomic E-state index is 13.9. The van der Waals surface area contributed by atoms with Crippen LogP contribution in [0.5, 0.6) is 17.2 Å². The van der Waals surface area contributed by atoms with Crippen LogP contribution in [0.4, 0.5) is 0 Å². The quantitative estimate of drug-likeness (QED) is 0.348. The number of fused-ring (bicyclic) bond motifs is 1. The van der Waals surface area contributed by atoms with Crippen LogP contribution in [0, 0.1) is 0 Å². The molecule has 0 aliphatic carbocycles. The van der Waals surface area contributed by atoms with Gasteiger partial charge in [0.05, 0.1) is 53.3 Å². The Kier molecular flexibility index (Phi) is 8.82. The lowest BCUT2D eigenvalue weighted by molar-refractivity contribution is -0.143. The van der Waals surface area contributed by atoms with E-state index in [0.29, 0.717) is 61.7 Å². The van der Waals surface area contributed by atoms with Crippen LogP contribution in [0.25, 0.3) is 6.08 Å². The molecule has 8 nitrogen and oxygen atoms in total. The van der Waals surface area contributed by atoms with E-state index < -0.39 is 12.0 Å². The lowest BCUT2D eigenvalue weighted by atomic mass is 9.96. The van der Waals surface area contributed by atoms with Gasteiger partial charge in [-0.15, -0.1) is 0 Å². The monoisotopic (exact) mass is 570 g/mol. The highest BCUT2D eigenvalue weighted by molar-refractivity contribution is 7.07. The highest BCUT2D eigenvalue weighted by Crippen LogP contribution is 2.36. The van der Waals surface area contributed by atoms with Gasteiger partial charge in [-0.3, -0.25) is 9.36 Å². The summed E-state index contributed by atoms with van der Waals surface area (Å²) in [5.41, 5.74) is 1.94. The standard InChI is InChI=1S/C29H31ClN2O6S/c1-7-36-20-11-9-19(10-12-20)25-24(28(34)38-16(3)4)17(5)31-29-32(25)27(33)23(39-29)15-18-13-21(30)26(35-6)22(14-18)37-8-2/h9-16,25H,7-8H2,1-6H3/b23-15+/t25-/m0/s1. The van der Waals surface area contributed by atoms with Gasteiger partial charge in [-0.05, 0) is 76.1 Å². The summed E-state index contributed by atoms with van der Waals surface area (Å²) in [6.07, 6.45) is 1.40. The molecule has 39 heavy (non-hydrogen) atoms. The number of thiazole rings is 1. The highest BCUT2D eigenvalue weighted by Gasteiger charge is 2.33. The zero-order valence-electron chi connectivity index (χ0n) is 22.7. The minimum atomic E-state index is -0.719. The molecule has 3 aromatic rings. The molecule has 1 atom stereocenters. The molecule has 2 aromatic carbocycles. The molecule has 2 heterocycles. The molecule has 0 fully saturated rings. The van der Waals surface area contributed by atoms with E-state index in [1.54, 1.807) is 43.5 Å². The molecular weight excluding hydrogens is 540 g/mol. The molecule has 1 aliphatic rings. The SMILES string of the molecule is CCOc1ccc([C@H]2C(C(=O)OC(C)C)=C(C)N=c3s/c(=C/c4cc(Cl)c(OC)c(OCC)c4)c(=O)n32)cc1. The second-order valence-corrected chi connectivity index (χ2v) is 10.4. The van der Waals surface area contributed by atoms with Crippen molar-refractivity contribution in [3.05, 3.63) is 83.5 Å². The maximum absolute atomic E-state index is 13.9. The molecule has 1 aliphatic heterocycles. The van der Waals surface area contributed by atoms with Crippen molar-refractivity contribution in [3.8, 4) is 17.2 Å². The van der Waals surface area contributed by atoms with Gasteiger partial charge in [0, 0.05) is 0 Å². The van der Waals surface area contributed by atoms with Gasteiger partial charge in [0.15, 0.2) is 16.3 Å². The van der Waals surface area contributed by atoms with Gasteiger partial charge in [0.25, 0.3) is 5.56 Å². The summed E-state index contributed by atoms with van der Waals surface area (Å²) < 4.78 is 24.2. The van der Waals surface area contributed by atoms with Crippen LogP contribution in [-0.4, -0.2) is 37.0 Å². The van der Waals surface area contributed by atoms with Gasteiger partial charge in [0.2, 0.25) is 0 Å². The van der Waals surface area contributed by atoms with Crippen molar-refractivity contribution >= 4 is 35.0 Å². The third-order valence-corrected chi connectivity index (χ3v) is 7.19. The Morgan fingerprint density at radius 3 is 2.46 bits per heavy atom. The first-order valence-electron chi connectivity index (χ1n) is 12.6. The summed E-state index contributed by atoms with van der Waals surface area (Å²) in [5.74, 6) is 1.09. The zero-order chi connectivity index (χ0) is 28.3. The molecule has 0 bridgehead atoms. The lowest BCUT2D eigenvalue weighted by Gasteiger charge is -2.25. The normalized spacial score (nSPS) is 15.2.